The molecule has 0 aromatic heterocycles. The second kappa shape index (κ2) is 6.70. The summed E-state index contributed by atoms with van der Waals surface area (Å²) in [5.41, 5.74) is 1.08. The number of carbonyl (C=O) groups is 1. The summed E-state index contributed by atoms with van der Waals surface area (Å²) in [6.07, 6.45) is 0.202. The number of hydrogen-bond acceptors (Lipinski definition) is 4. The molecule has 1 aromatic rings. The largest absolute Gasteiger partial charge is 0.491 e. The fourth-order valence-electron chi connectivity index (χ4n) is 1.18. The number of esters is 1. The van der Waals surface area contributed by atoms with Crippen molar-refractivity contribution < 1.29 is 19.4 Å². The fourth-order valence-corrected chi connectivity index (χ4v) is 1.18. The van der Waals surface area contributed by atoms with E-state index < -0.39 is 12.1 Å². The first kappa shape index (κ1) is 13.3. The maximum atomic E-state index is 10.7. The van der Waals surface area contributed by atoms with E-state index in [-0.39, 0.29) is 13.2 Å². The standard InChI is InChI=1S/C13H16O4/c1-3-13(15)17-9-11(14)8-16-12-6-4-5-10(2)7-12/h3-7,11,14H,1,8-9H2,2H3. The predicted molar refractivity (Wildman–Crippen MR) is 63.8 cm³/mol. The molecule has 0 saturated heterocycles. The van der Waals surface area contributed by atoms with Gasteiger partial charge in [-0.1, -0.05) is 18.7 Å². The Balaban J connectivity index is 2.30. The zero-order valence-electron chi connectivity index (χ0n) is 9.76. The SMILES string of the molecule is C=CC(=O)OCC(O)COc1cccc(C)c1. The molecule has 0 spiro atoms. The van der Waals surface area contributed by atoms with Crippen LogP contribution in [0.2, 0.25) is 0 Å². The Hall–Kier alpha value is -1.81. The van der Waals surface area contributed by atoms with Gasteiger partial charge in [-0.25, -0.2) is 4.79 Å². The molecule has 1 atom stereocenters. The van der Waals surface area contributed by atoms with Crippen LogP contribution in [-0.2, 0) is 9.53 Å². The Morgan fingerprint density at radius 2 is 2.29 bits per heavy atom. The lowest BCUT2D eigenvalue weighted by Crippen LogP contribution is -2.24. The Morgan fingerprint density at radius 1 is 1.53 bits per heavy atom. The smallest absolute Gasteiger partial charge is 0.330 e. The van der Waals surface area contributed by atoms with Crippen LogP contribution in [0.1, 0.15) is 5.56 Å². The van der Waals surface area contributed by atoms with Crippen LogP contribution >= 0.6 is 0 Å². The van der Waals surface area contributed by atoms with Crippen LogP contribution in [0.3, 0.4) is 0 Å². The molecule has 17 heavy (non-hydrogen) atoms. The number of aryl methyl sites for hydroxylation is 1. The highest BCUT2D eigenvalue weighted by Crippen LogP contribution is 2.12. The minimum Gasteiger partial charge on any atom is -0.491 e. The summed E-state index contributed by atoms with van der Waals surface area (Å²) in [7, 11) is 0. The van der Waals surface area contributed by atoms with Crippen LogP contribution in [0.5, 0.6) is 5.75 Å². The maximum absolute atomic E-state index is 10.7. The van der Waals surface area contributed by atoms with Gasteiger partial charge >= 0.3 is 5.97 Å². The van der Waals surface area contributed by atoms with Gasteiger partial charge in [-0.2, -0.15) is 0 Å². The number of benzene rings is 1. The Morgan fingerprint density at radius 3 is 2.94 bits per heavy atom. The molecule has 0 aliphatic carbocycles. The normalized spacial score (nSPS) is 11.6. The molecule has 0 radical (unpaired) electrons. The van der Waals surface area contributed by atoms with Gasteiger partial charge in [0.15, 0.2) is 0 Å². The van der Waals surface area contributed by atoms with Crippen molar-refractivity contribution in [3.63, 3.8) is 0 Å². The molecule has 0 amide bonds. The van der Waals surface area contributed by atoms with Gasteiger partial charge in [-0.15, -0.1) is 0 Å². The van der Waals surface area contributed by atoms with E-state index in [0.29, 0.717) is 5.75 Å². The van der Waals surface area contributed by atoms with Crippen molar-refractivity contribution in [2.75, 3.05) is 13.2 Å². The summed E-state index contributed by atoms with van der Waals surface area (Å²) in [6.45, 7) is 5.18. The van der Waals surface area contributed by atoms with Crippen LogP contribution in [0.4, 0.5) is 0 Å². The molecule has 0 aliphatic rings. The Kier molecular flexibility index (Phi) is 5.23. The van der Waals surface area contributed by atoms with Gasteiger partial charge in [-0.3, -0.25) is 0 Å². The van der Waals surface area contributed by atoms with Gasteiger partial charge < -0.3 is 14.6 Å². The first-order valence-electron chi connectivity index (χ1n) is 5.28. The lowest BCUT2D eigenvalue weighted by molar-refractivity contribution is -0.141. The van der Waals surface area contributed by atoms with Crippen molar-refractivity contribution in [3.8, 4) is 5.75 Å². The minimum absolute atomic E-state index is 0.0773. The molecule has 0 aliphatic heterocycles. The number of carbonyl (C=O) groups excluding carboxylic acids is 1. The van der Waals surface area contributed by atoms with Gasteiger partial charge in [0.25, 0.3) is 0 Å². The Bertz CT molecular complexity index is 387. The van der Waals surface area contributed by atoms with E-state index in [1.54, 1.807) is 6.07 Å². The van der Waals surface area contributed by atoms with Gasteiger partial charge in [0.2, 0.25) is 0 Å². The number of rotatable bonds is 6. The van der Waals surface area contributed by atoms with E-state index in [9.17, 15) is 9.90 Å². The highest BCUT2D eigenvalue weighted by atomic mass is 16.5. The molecule has 0 fully saturated rings. The molecule has 1 unspecified atom stereocenters. The fraction of sp³-hybridized carbons (Fsp3) is 0.308. The first-order valence-corrected chi connectivity index (χ1v) is 5.28. The highest BCUT2D eigenvalue weighted by molar-refractivity contribution is 5.81. The topological polar surface area (TPSA) is 55.8 Å². The van der Waals surface area contributed by atoms with Crippen molar-refractivity contribution in [1.29, 1.82) is 0 Å². The zero-order chi connectivity index (χ0) is 12.7. The van der Waals surface area contributed by atoms with Crippen LogP contribution < -0.4 is 4.74 Å². The molecule has 1 aromatic carbocycles. The first-order chi connectivity index (χ1) is 8.11. The quantitative estimate of drug-likeness (QED) is 0.600. The third kappa shape index (κ3) is 5.17. The lowest BCUT2D eigenvalue weighted by Gasteiger charge is -2.12. The second-order valence-electron chi connectivity index (χ2n) is 3.62. The third-order valence-corrected chi connectivity index (χ3v) is 2.02. The summed E-state index contributed by atoms with van der Waals surface area (Å²) in [6, 6.07) is 7.49. The van der Waals surface area contributed by atoms with Crippen LogP contribution in [0.15, 0.2) is 36.9 Å². The van der Waals surface area contributed by atoms with Crippen LogP contribution in [0, 0.1) is 6.92 Å². The third-order valence-electron chi connectivity index (χ3n) is 2.02. The molecule has 1 N–H and O–H groups in total. The molecule has 4 nitrogen and oxygen atoms in total. The number of hydrogen-bond donors (Lipinski definition) is 1. The van der Waals surface area contributed by atoms with E-state index in [0.717, 1.165) is 11.6 Å². The second-order valence-corrected chi connectivity index (χ2v) is 3.62. The number of aliphatic hydroxyl groups is 1. The van der Waals surface area contributed by atoms with Gasteiger partial charge in [0.1, 0.15) is 25.1 Å². The van der Waals surface area contributed by atoms with Gasteiger partial charge in [0, 0.05) is 6.08 Å². The molecule has 0 saturated carbocycles. The molecule has 4 heteroatoms. The molecular formula is C13H16O4. The summed E-state index contributed by atoms with van der Waals surface area (Å²) in [5, 5.41) is 9.49. The summed E-state index contributed by atoms with van der Waals surface area (Å²) in [5.74, 6) is 0.124. The predicted octanol–water partition coefficient (Wildman–Crippen LogP) is 1.46. The average Bonchev–Trinajstić information content (AvgIpc) is 2.33. The summed E-state index contributed by atoms with van der Waals surface area (Å²) >= 11 is 0. The molecule has 0 bridgehead atoms. The van der Waals surface area contributed by atoms with Crippen molar-refractivity contribution >= 4 is 5.97 Å². The Labute approximate surface area is 100 Å². The van der Waals surface area contributed by atoms with Crippen LogP contribution in [0.25, 0.3) is 0 Å². The monoisotopic (exact) mass is 236 g/mol. The lowest BCUT2D eigenvalue weighted by atomic mass is 10.2. The number of ether oxygens (including phenoxy) is 2. The van der Waals surface area contributed by atoms with E-state index in [1.165, 1.54) is 0 Å². The van der Waals surface area contributed by atoms with Crippen LogP contribution in [-0.4, -0.2) is 30.4 Å². The van der Waals surface area contributed by atoms with E-state index in [2.05, 4.69) is 11.3 Å². The molecule has 0 heterocycles. The van der Waals surface area contributed by atoms with Crippen molar-refractivity contribution in [2.45, 2.75) is 13.0 Å². The molecule has 1 rings (SSSR count). The molecular weight excluding hydrogens is 220 g/mol. The average molecular weight is 236 g/mol. The summed E-state index contributed by atoms with van der Waals surface area (Å²) < 4.78 is 10.0. The van der Waals surface area contributed by atoms with Crippen molar-refractivity contribution in [2.24, 2.45) is 0 Å². The molecule has 92 valence electrons. The van der Waals surface area contributed by atoms with Crippen molar-refractivity contribution in [1.82, 2.24) is 0 Å². The van der Waals surface area contributed by atoms with E-state index in [1.807, 2.05) is 25.1 Å². The zero-order valence-corrected chi connectivity index (χ0v) is 9.76. The van der Waals surface area contributed by atoms with E-state index in [4.69, 9.17) is 4.74 Å². The van der Waals surface area contributed by atoms with Crippen molar-refractivity contribution in [3.05, 3.63) is 42.5 Å². The van der Waals surface area contributed by atoms with Gasteiger partial charge in [-0.05, 0) is 24.6 Å². The van der Waals surface area contributed by atoms with E-state index >= 15 is 0 Å². The minimum atomic E-state index is -0.848. The number of aliphatic hydroxyl groups excluding tert-OH is 1. The summed E-state index contributed by atoms with van der Waals surface area (Å²) in [4.78, 5) is 10.7. The maximum Gasteiger partial charge on any atom is 0.330 e. The van der Waals surface area contributed by atoms with Gasteiger partial charge in [0.05, 0.1) is 0 Å². The highest BCUT2D eigenvalue weighted by Gasteiger charge is 2.07.